The summed E-state index contributed by atoms with van der Waals surface area (Å²) < 4.78 is 5.37. The number of carbonyl (C=O) groups is 2. The molecule has 3 aromatic carbocycles. The first-order valence-electron chi connectivity index (χ1n) is 9.79. The average molecular weight is 402 g/mol. The normalized spacial score (nSPS) is 13.7. The number of anilines is 2. The van der Waals surface area contributed by atoms with Gasteiger partial charge in [-0.15, -0.1) is 0 Å². The first kappa shape index (κ1) is 19.7. The van der Waals surface area contributed by atoms with Gasteiger partial charge in [-0.3, -0.25) is 4.79 Å². The lowest BCUT2D eigenvalue weighted by Gasteiger charge is -2.28. The van der Waals surface area contributed by atoms with Crippen LogP contribution in [-0.4, -0.2) is 43.3 Å². The summed E-state index contributed by atoms with van der Waals surface area (Å²) in [6.07, 6.45) is 0. The molecule has 0 spiro atoms. The van der Waals surface area contributed by atoms with Gasteiger partial charge in [-0.05, 0) is 47.5 Å². The number of hydrogen-bond donors (Lipinski definition) is 2. The van der Waals surface area contributed by atoms with Gasteiger partial charge < -0.3 is 20.1 Å². The molecule has 1 heterocycles. The van der Waals surface area contributed by atoms with Gasteiger partial charge >= 0.3 is 5.97 Å². The SMILES string of the molecule is O=C(Nc1cc(-c2ccccc2)ccc1C(=O)O)c1ccc(N2CCOCC2)cc1. The lowest BCUT2D eigenvalue weighted by Crippen LogP contribution is -2.36. The van der Waals surface area contributed by atoms with Crippen molar-refractivity contribution < 1.29 is 19.4 Å². The number of carbonyl (C=O) groups excluding carboxylic acids is 1. The van der Waals surface area contributed by atoms with Crippen LogP contribution in [0, 0.1) is 0 Å². The summed E-state index contributed by atoms with van der Waals surface area (Å²) in [6.45, 7) is 3.02. The molecule has 1 fully saturated rings. The largest absolute Gasteiger partial charge is 0.478 e. The molecule has 1 amide bonds. The molecule has 1 saturated heterocycles. The lowest BCUT2D eigenvalue weighted by atomic mass is 10.0. The Morgan fingerprint density at radius 2 is 1.57 bits per heavy atom. The topological polar surface area (TPSA) is 78.9 Å². The van der Waals surface area contributed by atoms with Crippen LogP contribution in [0.3, 0.4) is 0 Å². The van der Waals surface area contributed by atoms with E-state index in [0.29, 0.717) is 18.8 Å². The second-order valence-corrected chi connectivity index (χ2v) is 7.03. The van der Waals surface area contributed by atoms with Crippen molar-refractivity contribution in [2.45, 2.75) is 0 Å². The maximum atomic E-state index is 12.8. The second kappa shape index (κ2) is 8.80. The highest BCUT2D eigenvalue weighted by Gasteiger charge is 2.16. The number of morpholine rings is 1. The number of nitrogens with one attached hydrogen (secondary N) is 1. The summed E-state index contributed by atoms with van der Waals surface area (Å²) in [6, 6.07) is 21.9. The summed E-state index contributed by atoms with van der Waals surface area (Å²) in [5.41, 5.74) is 3.60. The van der Waals surface area contributed by atoms with E-state index in [1.807, 2.05) is 42.5 Å². The third kappa shape index (κ3) is 4.34. The molecule has 0 aromatic heterocycles. The van der Waals surface area contributed by atoms with Crippen LogP contribution in [-0.2, 0) is 4.74 Å². The minimum absolute atomic E-state index is 0.0490. The first-order valence-corrected chi connectivity index (χ1v) is 9.79. The minimum Gasteiger partial charge on any atom is -0.478 e. The first-order chi connectivity index (χ1) is 14.6. The Labute approximate surface area is 174 Å². The Hall–Kier alpha value is -3.64. The van der Waals surface area contributed by atoms with Crippen LogP contribution in [0.4, 0.5) is 11.4 Å². The number of ether oxygens (including phenoxy) is 1. The quantitative estimate of drug-likeness (QED) is 0.671. The van der Waals surface area contributed by atoms with Gasteiger partial charge in [-0.1, -0.05) is 36.4 Å². The number of carboxylic acids is 1. The van der Waals surface area contributed by atoms with Crippen LogP contribution in [0.2, 0.25) is 0 Å². The number of benzene rings is 3. The van der Waals surface area contributed by atoms with E-state index in [9.17, 15) is 14.7 Å². The number of hydrogen-bond acceptors (Lipinski definition) is 4. The van der Waals surface area contributed by atoms with Gasteiger partial charge in [-0.25, -0.2) is 4.79 Å². The van der Waals surface area contributed by atoms with Gasteiger partial charge in [0.05, 0.1) is 24.5 Å². The van der Waals surface area contributed by atoms with E-state index in [2.05, 4.69) is 10.2 Å². The minimum atomic E-state index is -1.09. The molecule has 152 valence electrons. The Kier molecular flexibility index (Phi) is 5.77. The van der Waals surface area contributed by atoms with Crippen LogP contribution < -0.4 is 10.2 Å². The highest BCUT2D eigenvalue weighted by atomic mass is 16.5. The molecule has 1 aliphatic heterocycles. The molecule has 0 radical (unpaired) electrons. The molecule has 0 bridgehead atoms. The van der Waals surface area contributed by atoms with Gasteiger partial charge in [-0.2, -0.15) is 0 Å². The van der Waals surface area contributed by atoms with Crippen molar-refractivity contribution >= 4 is 23.3 Å². The summed E-state index contributed by atoms with van der Waals surface area (Å²) in [4.78, 5) is 26.6. The van der Waals surface area contributed by atoms with Gasteiger partial charge in [0, 0.05) is 24.3 Å². The van der Waals surface area contributed by atoms with Gasteiger partial charge in [0.2, 0.25) is 0 Å². The van der Waals surface area contributed by atoms with Crippen molar-refractivity contribution in [2.24, 2.45) is 0 Å². The van der Waals surface area contributed by atoms with Crippen LogP contribution >= 0.6 is 0 Å². The third-order valence-electron chi connectivity index (χ3n) is 5.11. The molecular formula is C24H22N2O4. The number of aromatic carboxylic acids is 1. The Morgan fingerprint density at radius 3 is 2.23 bits per heavy atom. The standard InChI is InChI=1S/C24H22N2O4/c27-23(18-6-9-20(10-7-18)26-12-14-30-15-13-26)25-22-16-19(8-11-21(22)24(28)29)17-4-2-1-3-5-17/h1-11,16H,12-15H2,(H,25,27)(H,28,29). The van der Waals surface area contributed by atoms with Gasteiger partial charge in [0.15, 0.2) is 0 Å². The van der Waals surface area contributed by atoms with E-state index in [0.717, 1.165) is 29.9 Å². The monoisotopic (exact) mass is 402 g/mol. The van der Waals surface area contributed by atoms with Crippen molar-refractivity contribution in [3.8, 4) is 11.1 Å². The summed E-state index contributed by atoms with van der Waals surface area (Å²) in [5.74, 6) is -1.44. The van der Waals surface area contributed by atoms with Crippen LogP contribution in [0.5, 0.6) is 0 Å². The van der Waals surface area contributed by atoms with E-state index >= 15 is 0 Å². The molecule has 1 aliphatic rings. The molecule has 0 aliphatic carbocycles. The smallest absolute Gasteiger partial charge is 0.337 e. The Balaban J connectivity index is 1.56. The molecule has 30 heavy (non-hydrogen) atoms. The molecule has 3 aromatic rings. The van der Waals surface area contributed by atoms with Crippen LogP contribution in [0.25, 0.3) is 11.1 Å². The summed E-state index contributed by atoms with van der Waals surface area (Å²) >= 11 is 0. The maximum Gasteiger partial charge on any atom is 0.337 e. The maximum absolute atomic E-state index is 12.8. The molecule has 6 nitrogen and oxygen atoms in total. The second-order valence-electron chi connectivity index (χ2n) is 7.03. The van der Waals surface area contributed by atoms with E-state index < -0.39 is 5.97 Å². The van der Waals surface area contributed by atoms with Gasteiger partial charge in [0.25, 0.3) is 5.91 Å². The molecule has 0 atom stereocenters. The zero-order valence-electron chi connectivity index (χ0n) is 16.4. The fraction of sp³-hybridized carbons (Fsp3) is 0.167. The number of amides is 1. The molecule has 0 saturated carbocycles. The summed E-state index contributed by atoms with van der Waals surface area (Å²) in [7, 11) is 0. The predicted molar refractivity (Wildman–Crippen MR) is 116 cm³/mol. The fourth-order valence-corrected chi connectivity index (χ4v) is 3.48. The zero-order chi connectivity index (χ0) is 20.9. The third-order valence-corrected chi connectivity index (χ3v) is 5.11. The molecular weight excluding hydrogens is 380 g/mol. The zero-order valence-corrected chi connectivity index (χ0v) is 16.4. The van der Waals surface area contributed by atoms with Crippen molar-refractivity contribution in [3.05, 3.63) is 83.9 Å². The lowest BCUT2D eigenvalue weighted by molar-refractivity contribution is 0.0698. The highest BCUT2D eigenvalue weighted by molar-refractivity contribution is 6.08. The van der Waals surface area contributed by atoms with Crippen molar-refractivity contribution in [1.82, 2.24) is 0 Å². The number of nitrogens with zero attached hydrogens (tertiary/aromatic N) is 1. The van der Waals surface area contributed by atoms with Crippen LogP contribution in [0.15, 0.2) is 72.8 Å². The molecule has 0 unspecified atom stereocenters. The van der Waals surface area contributed by atoms with Crippen molar-refractivity contribution in [2.75, 3.05) is 36.5 Å². The summed E-state index contributed by atoms with van der Waals surface area (Å²) in [5, 5.41) is 12.3. The number of rotatable bonds is 5. The molecule has 4 rings (SSSR count). The van der Waals surface area contributed by atoms with E-state index in [-0.39, 0.29) is 17.2 Å². The highest BCUT2D eigenvalue weighted by Crippen LogP contribution is 2.26. The van der Waals surface area contributed by atoms with Crippen LogP contribution in [0.1, 0.15) is 20.7 Å². The van der Waals surface area contributed by atoms with Crippen molar-refractivity contribution in [1.29, 1.82) is 0 Å². The Morgan fingerprint density at radius 1 is 0.867 bits per heavy atom. The molecule has 2 N–H and O–H groups in total. The average Bonchev–Trinajstić information content (AvgIpc) is 2.80. The van der Waals surface area contributed by atoms with Gasteiger partial charge in [0.1, 0.15) is 0 Å². The van der Waals surface area contributed by atoms with E-state index in [1.165, 1.54) is 6.07 Å². The number of carboxylic acid groups (broad SMARTS) is 1. The van der Waals surface area contributed by atoms with E-state index in [4.69, 9.17) is 4.74 Å². The predicted octanol–water partition coefficient (Wildman–Crippen LogP) is 4.14. The van der Waals surface area contributed by atoms with Crippen molar-refractivity contribution in [3.63, 3.8) is 0 Å². The molecule has 6 heteroatoms. The fourth-order valence-electron chi connectivity index (χ4n) is 3.48. The Bertz CT molecular complexity index is 1040. The van der Waals surface area contributed by atoms with E-state index in [1.54, 1.807) is 24.3 Å².